The van der Waals surface area contributed by atoms with E-state index in [-0.39, 0.29) is 29.3 Å². The third-order valence-corrected chi connectivity index (χ3v) is 4.75. The Labute approximate surface area is 144 Å². The van der Waals surface area contributed by atoms with E-state index in [0.717, 1.165) is 0 Å². The molecule has 1 aliphatic heterocycles. The van der Waals surface area contributed by atoms with Crippen LogP contribution in [0.4, 0.5) is 8.78 Å². The molecular formula is C16H22F2N4OS. The fourth-order valence-corrected chi connectivity index (χ4v) is 3.20. The summed E-state index contributed by atoms with van der Waals surface area (Å²) in [6.45, 7) is 9.82. The van der Waals surface area contributed by atoms with Gasteiger partial charge in [-0.25, -0.2) is 8.78 Å². The van der Waals surface area contributed by atoms with Crippen molar-refractivity contribution in [2.75, 3.05) is 6.54 Å². The highest BCUT2D eigenvalue weighted by atomic mass is 32.2. The van der Waals surface area contributed by atoms with Gasteiger partial charge in [-0.2, -0.15) is 0 Å². The van der Waals surface area contributed by atoms with Crippen molar-refractivity contribution in [3.05, 3.63) is 39.3 Å². The van der Waals surface area contributed by atoms with Gasteiger partial charge in [-0.1, -0.05) is 17.1 Å². The summed E-state index contributed by atoms with van der Waals surface area (Å²) in [5, 5.41) is 3.52. The maximum atomic E-state index is 14.2. The van der Waals surface area contributed by atoms with E-state index < -0.39 is 17.2 Å². The summed E-state index contributed by atoms with van der Waals surface area (Å²) in [5.41, 5.74) is 8.40. The van der Waals surface area contributed by atoms with Crippen LogP contribution in [0.5, 0.6) is 5.75 Å². The van der Waals surface area contributed by atoms with Gasteiger partial charge in [0.25, 0.3) is 0 Å². The number of nitrogens with zero attached hydrogens (tertiary/aromatic N) is 3. The van der Waals surface area contributed by atoms with E-state index in [0.29, 0.717) is 11.3 Å². The fraction of sp³-hybridized carbons (Fsp3) is 0.625. The van der Waals surface area contributed by atoms with Gasteiger partial charge in [0.05, 0.1) is 6.54 Å². The summed E-state index contributed by atoms with van der Waals surface area (Å²) in [6, 6.07) is 0.939. The van der Waals surface area contributed by atoms with E-state index in [1.165, 1.54) is 18.0 Å². The van der Waals surface area contributed by atoms with Crippen LogP contribution in [0.1, 0.15) is 51.8 Å². The Morgan fingerprint density at radius 2 is 2.17 bits per heavy atom. The molecule has 1 heterocycles. The molecule has 1 aliphatic rings. The molecule has 8 heteroatoms. The summed E-state index contributed by atoms with van der Waals surface area (Å²) in [4.78, 5) is 2.72. The predicted octanol–water partition coefficient (Wildman–Crippen LogP) is 5.07. The molecule has 0 bridgehead atoms. The maximum absolute atomic E-state index is 14.2. The smallest absolute Gasteiger partial charge is 0.165 e. The second-order valence-electron chi connectivity index (χ2n) is 7.24. The fourth-order valence-electron chi connectivity index (χ4n) is 2.54. The molecule has 5 nitrogen and oxygen atoms in total. The van der Waals surface area contributed by atoms with Gasteiger partial charge in [-0.3, -0.25) is 4.72 Å². The highest BCUT2D eigenvalue weighted by molar-refractivity contribution is 7.98. The molecule has 24 heavy (non-hydrogen) atoms. The van der Waals surface area contributed by atoms with Crippen LogP contribution in [0.2, 0.25) is 0 Å². The minimum atomic E-state index is -0.894. The van der Waals surface area contributed by atoms with Gasteiger partial charge in [-0.15, -0.1) is 0 Å². The zero-order chi connectivity index (χ0) is 18.1. The maximum Gasteiger partial charge on any atom is 0.165 e. The van der Waals surface area contributed by atoms with Crippen LogP contribution in [-0.2, 0) is 6.42 Å². The molecule has 0 saturated heterocycles. The number of halogens is 2. The van der Waals surface area contributed by atoms with Crippen LogP contribution < -0.4 is 9.46 Å². The first-order valence-corrected chi connectivity index (χ1v) is 8.52. The lowest BCUT2D eigenvalue weighted by Gasteiger charge is -2.25. The highest BCUT2D eigenvalue weighted by Crippen LogP contribution is 2.43. The molecule has 0 radical (unpaired) electrons. The Morgan fingerprint density at radius 1 is 1.50 bits per heavy atom. The average Bonchev–Trinajstić information content (AvgIpc) is 2.84. The number of hydrogen-bond donors (Lipinski definition) is 1. The molecule has 1 aromatic carbocycles. The topological polar surface area (TPSA) is 70.0 Å². The summed E-state index contributed by atoms with van der Waals surface area (Å²) in [6.07, 6.45) is 0.164. The number of rotatable bonds is 5. The first-order chi connectivity index (χ1) is 11.1. The number of nitrogens with one attached hydrogen (secondary N) is 1. The third kappa shape index (κ3) is 4.12. The molecule has 0 saturated carbocycles. The lowest BCUT2D eigenvalue weighted by atomic mass is 9.96. The van der Waals surface area contributed by atoms with Crippen molar-refractivity contribution < 1.29 is 13.5 Å². The molecule has 0 amide bonds. The molecule has 1 unspecified atom stereocenters. The summed E-state index contributed by atoms with van der Waals surface area (Å²) < 4.78 is 37.4. The van der Waals surface area contributed by atoms with Crippen molar-refractivity contribution in [3.8, 4) is 5.75 Å². The minimum absolute atomic E-state index is 0.0209. The molecule has 0 aromatic heterocycles. The Bertz CT molecular complexity index is 686. The van der Waals surface area contributed by atoms with Crippen molar-refractivity contribution in [3.63, 3.8) is 0 Å². The van der Waals surface area contributed by atoms with Crippen LogP contribution in [0.3, 0.4) is 0 Å². The molecule has 2 atom stereocenters. The highest BCUT2D eigenvalue weighted by Gasteiger charge is 2.39. The standard InChI is InChI=1S/C16H22F2N4OS/c1-9(21-24-15(2,3)4)10-6-12(17)13(18)11-7-16(5,8-20-22-19)23-14(10)11/h6,9,21H,7-8H2,1-5H3/t9?,16-/m1/s1. The Hall–Kier alpha value is -1.50. The zero-order valence-electron chi connectivity index (χ0n) is 14.5. The molecule has 1 aromatic rings. The van der Waals surface area contributed by atoms with Crippen molar-refractivity contribution in [2.24, 2.45) is 5.11 Å². The van der Waals surface area contributed by atoms with Crippen LogP contribution >= 0.6 is 11.9 Å². The first-order valence-electron chi connectivity index (χ1n) is 7.70. The van der Waals surface area contributed by atoms with Crippen molar-refractivity contribution in [1.82, 2.24) is 4.72 Å². The van der Waals surface area contributed by atoms with E-state index in [1.54, 1.807) is 6.92 Å². The first kappa shape index (κ1) is 18.8. The zero-order valence-corrected chi connectivity index (χ0v) is 15.3. The van der Waals surface area contributed by atoms with Crippen LogP contribution in [0, 0.1) is 11.6 Å². The summed E-state index contributed by atoms with van der Waals surface area (Å²) >= 11 is 1.52. The monoisotopic (exact) mass is 356 g/mol. The Morgan fingerprint density at radius 3 is 2.75 bits per heavy atom. The van der Waals surface area contributed by atoms with Gasteiger partial charge in [0.2, 0.25) is 0 Å². The number of hydrogen-bond acceptors (Lipinski definition) is 4. The number of ether oxygens (including phenoxy) is 1. The van der Waals surface area contributed by atoms with Crippen LogP contribution in [0.15, 0.2) is 11.2 Å². The van der Waals surface area contributed by atoms with Gasteiger partial charge in [-0.05, 0) is 46.2 Å². The van der Waals surface area contributed by atoms with E-state index in [2.05, 4.69) is 35.5 Å². The third-order valence-electron chi connectivity index (χ3n) is 3.67. The molecule has 0 spiro atoms. The molecule has 2 rings (SSSR count). The number of fused-ring (bicyclic) bond motifs is 1. The minimum Gasteiger partial charge on any atom is -0.486 e. The lowest BCUT2D eigenvalue weighted by Crippen LogP contribution is -2.33. The number of benzene rings is 1. The Balaban J connectivity index is 2.35. The SMILES string of the molecule is CC(NSC(C)(C)C)c1cc(F)c(F)c2c1O[C@@](C)(CN=[N+]=[N-])C2. The van der Waals surface area contributed by atoms with Crippen LogP contribution in [0.25, 0.3) is 10.4 Å². The van der Waals surface area contributed by atoms with Gasteiger partial charge < -0.3 is 4.74 Å². The van der Waals surface area contributed by atoms with Gasteiger partial charge in [0.15, 0.2) is 11.6 Å². The predicted molar refractivity (Wildman–Crippen MR) is 92.0 cm³/mol. The summed E-state index contributed by atoms with van der Waals surface area (Å²) in [5.74, 6) is -1.44. The summed E-state index contributed by atoms with van der Waals surface area (Å²) in [7, 11) is 0. The quantitative estimate of drug-likeness (QED) is 0.347. The van der Waals surface area contributed by atoms with E-state index in [4.69, 9.17) is 10.3 Å². The van der Waals surface area contributed by atoms with E-state index >= 15 is 0 Å². The Kier molecular flexibility index (Phi) is 5.32. The molecule has 1 N–H and O–H groups in total. The molecule has 0 aliphatic carbocycles. The molecular weight excluding hydrogens is 334 g/mol. The van der Waals surface area contributed by atoms with Crippen molar-refractivity contribution in [2.45, 2.75) is 57.4 Å². The second-order valence-corrected chi connectivity index (χ2v) is 8.91. The van der Waals surface area contributed by atoms with E-state index in [9.17, 15) is 8.78 Å². The second kappa shape index (κ2) is 6.78. The molecule has 0 fully saturated rings. The van der Waals surface area contributed by atoms with Gasteiger partial charge in [0.1, 0.15) is 11.4 Å². The lowest BCUT2D eigenvalue weighted by molar-refractivity contribution is 0.124. The van der Waals surface area contributed by atoms with Crippen molar-refractivity contribution >= 4 is 11.9 Å². The van der Waals surface area contributed by atoms with Crippen molar-refractivity contribution in [1.29, 1.82) is 0 Å². The number of azide groups is 1. The van der Waals surface area contributed by atoms with Crippen LogP contribution in [-0.4, -0.2) is 16.9 Å². The largest absolute Gasteiger partial charge is 0.486 e. The average molecular weight is 356 g/mol. The van der Waals surface area contributed by atoms with Gasteiger partial charge in [0, 0.05) is 33.2 Å². The molecule has 132 valence electrons. The van der Waals surface area contributed by atoms with E-state index in [1.807, 2.05) is 6.92 Å². The normalized spacial score (nSPS) is 21.0. The van der Waals surface area contributed by atoms with Gasteiger partial charge >= 0.3 is 0 Å².